The molecule has 5 nitrogen and oxygen atoms in total. The van der Waals surface area contributed by atoms with E-state index in [9.17, 15) is 9.59 Å². The summed E-state index contributed by atoms with van der Waals surface area (Å²) in [6, 6.07) is 3.91. The Morgan fingerprint density at radius 1 is 1.37 bits per heavy atom. The van der Waals surface area contributed by atoms with E-state index in [1.807, 2.05) is 0 Å². The van der Waals surface area contributed by atoms with Crippen LogP contribution in [0.3, 0.4) is 0 Å². The first-order valence-corrected chi connectivity index (χ1v) is 6.53. The fourth-order valence-corrected chi connectivity index (χ4v) is 2.09. The molecule has 19 heavy (non-hydrogen) atoms. The van der Waals surface area contributed by atoms with Crippen LogP contribution in [0.15, 0.2) is 22.7 Å². The lowest BCUT2D eigenvalue weighted by atomic mass is 10.0. The first kappa shape index (κ1) is 15.5. The summed E-state index contributed by atoms with van der Waals surface area (Å²) in [6.07, 6.45) is 0. The van der Waals surface area contributed by atoms with Gasteiger partial charge in [0.1, 0.15) is 11.8 Å². The van der Waals surface area contributed by atoms with Gasteiger partial charge in [-0.15, -0.1) is 0 Å². The van der Waals surface area contributed by atoms with Crippen LogP contribution in [0, 0.1) is 5.92 Å². The number of halogens is 1. The van der Waals surface area contributed by atoms with Gasteiger partial charge in [-0.1, -0.05) is 13.8 Å². The molecule has 0 heterocycles. The lowest BCUT2D eigenvalue weighted by molar-refractivity contribution is -0.140. The SMILES string of the molecule is COc1ccc(C(=O)N[C@@H](C(=O)O)C(C)C)cc1Br. The van der Waals surface area contributed by atoms with Gasteiger partial charge in [-0.3, -0.25) is 4.79 Å². The molecule has 104 valence electrons. The van der Waals surface area contributed by atoms with Gasteiger partial charge in [0.05, 0.1) is 11.6 Å². The minimum Gasteiger partial charge on any atom is -0.496 e. The van der Waals surface area contributed by atoms with Crippen LogP contribution in [0.25, 0.3) is 0 Å². The predicted molar refractivity (Wildman–Crippen MR) is 74.4 cm³/mol. The van der Waals surface area contributed by atoms with Crippen LogP contribution >= 0.6 is 15.9 Å². The highest BCUT2D eigenvalue weighted by Crippen LogP contribution is 2.25. The van der Waals surface area contributed by atoms with Crippen molar-refractivity contribution in [2.75, 3.05) is 7.11 Å². The van der Waals surface area contributed by atoms with Crippen LogP contribution < -0.4 is 10.1 Å². The summed E-state index contributed by atoms with van der Waals surface area (Å²) in [7, 11) is 1.53. The van der Waals surface area contributed by atoms with Crippen LogP contribution in [0.4, 0.5) is 0 Å². The second-order valence-corrected chi connectivity index (χ2v) is 5.24. The van der Waals surface area contributed by atoms with Crippen molar-refractivity contribution in [1.82, 2.24) is 5.32 Å². The Hall–Kier alpha value is -1.56. The highest BCUT2D eigenvalue weighted by atomic mass is 79.9. The van der Waals surface area contributed by atoms with E-state index in [0.29, 0.717) is 15.8 Å². The summed E-state index contributed by atoms with van der Waals surface area (Å²) < 4.78 is 5.70. The first-order valence-electron chi connectivity index (χ1n) is 5.74. The zero-order valence-corrected chi connectivity index (χ0v) is 12.5. The Balaban J connectivity index is 2.89. The molecule has 1 aromatic rings. The van der Waals surface area contributed by atoms with Crippen molar-refractivity contribution in [3.05, 3.63) is 28.2 Å². The molecule has 0 aliphatic rings. The Labute approximate surface area is 120 Å². The number of carboxylic acids is 1. The molecule has 1 rings (SSSR count). The fraction of sp³-hybridized carbons (Fsp3) is 0.385. The first-order chi connectivity index (χ1) is 8.86. The molecule has 0 bridgehead atoms. The Bertz CT molecular complexity index is 488. The quantitative estimate of drug-likeness (QED) is 0.869. The Morgan fingerprint density at radius 3 is 2.42 bits per heavy atom. The molecule has 0 aromatic heterocycles. The second-order valence-electron chi connectivity index (χ2n) is 4.38. The smallest absolute Gasteiger partial charge is 0.326 e. The number of aliphatic carboxylic acids is 1. The number of amides is 1. The maximum absolute atomic E-state index is 12.0. The van der Waals surface area contributed by atoms with Gasteiger partial charge in [0, 0.05) is 5.56 Å². The van der Waals surface area contributed by atoms with Gasteiger partial charge in [-0.25, -0.2) is 4.79 Å². The van der Waals surface area contributed by atoms with Gasteiger partial charge in [-0.05, 0) is 40.0 Å². The molecule has 0 saturated heterocycles. The van der Waals surface area contributed by atoms with Gasteiger partial charge in [0.15, 0.2) is 0 Å². The number of hydrogen-bond donors (Lipinski definition) is 2. The molecular weight excluding hydrogens is 314 g/mol. The number of carboxylic acid groups (broad SMARTS) is 1. The third-order valence-corrected chi connectivity index (χ3v) is 3.25. The Morgan fingerprint density at radius 2 is 2.00 bits per heavy atom. The van der Waals surface area contributed by atoms with Crippen molar-refractivity contribution in [2.45, 2.75) is 19.9 Å². The topological polar surface area (TPSA) is 75.6 Å². The number of rotatable bonds is 5. The second kappa shape index (κ2) is 6.56. The monoisotopic (exact) mass is 329 g/mol. The number of nitrogens with one attached hydrogen (secondary N) is 1. The number of carbonyl (C=O) groups is 2. The average molecular weight is 330 g/mol. The van der Waals surface area contributed by atoms with Gasteiger partial charge >= 0.3 is 5.97 Å². The van der Waals surface area contributed by atoms with Gasteiger partial charge in [0.2, 0.25) is 0 Å². The van der Waals surface area contributed by atoms with Gasteiger partial charge in [0.25, 0.3) is 5.91 Å². The van der Waals surface area contributed by atoms with E-state index in [1.54, 1.807) is 32.0 Å². The van der Waals surface area contributed by atoms with E-state index in [0.717, 1.165) is 0 Å². The van der Waals surface area contributed by atoms with E-state index in [4.69, 9.17) is 9.84 Å². The normalized spacial score (nSPS) is 12.1. The predicted octanol–water partition coefficient (Wildman–Crippen LogP) is 2.30. The van der Waals surface area contributed by atoms with Crippen LogP contribution in [-0.4, -0.2) is 30.1 Å². The largest absolute Gasteiger partial charge is 0.496 e. The highest BCUT2D eigenvalue weighted by molar-refractivity contribution is 9.10. The molecule has 0 unspecified atom stereocenters. The molecule has 6 heteroatoms. The number of methoxy groups -OCH3 is 1. The van der Waals surface area contributed by atoms with Crippen molar-refractivity contribution < 1.29 is 19.4 Å². The number of benzene rings is 1. The lowest BCUT2D eigenvalue weighted by Gasteiger charge is -2.18. The summed E-state index contributed by atoms with van der Waals surface area (Å²) in [6.45, 7) is 3.48. The molecule has 0 aliphatic carbocycles. The van der Waals surface area contributed by atoms with E-state index < -0.39 is 17.9 Å². The third-order valence-electron chi connectivity index (χ3n) is 2.63. The molecule has 2 N–H and O–H groups in total. The minimum atomic E-state index is -1.05. The standard InChI is InChI=1S/C13H16BrNO4/c1-7(2)11(13(17)18)15-12(16)8-4-5-10(19-3)9(14)6-8/h4-7,11H,1-3H3,(H,15,16)(H,17,18)/t11-/m1/s1. The van der Waals surface area contributed by atoms with E-state index >= 15 is 0 Å². The molecular formula is C13H16BrNO4. The molecule has 0 saturated carbocycles. The number of hydrogen-bond acceptors (Lipinski definition) is 3. The van der Waals surface area contributed by atoms with Crippen molar-refractivity contribution in [3.8, 4) is 5.75 Å². The van der Waals surface area contributed by atoms with Crippen LogP contribution in [-0.2, 0) is 4.79 Å². The molecule has 0 spiro atoms. The summed E-state index contributed by atoms with van der Waals surface area (Å²) >= 11 is 3.28. The number of carbonyl (C=O) groups excluding carboxylic acids is 1. The average Bonchev–Trinajstić information content (AvgIpc) is 2.34. The van der Waals surface area contributed by atoms with Gasteiger partial charge < -0.3 is 15.2 Å². The van der Waals surface area contributed by atoms with Crippen LogP contribution in [0.5, 0.6) is 5.75 Å². The van der Waals surface area contributed by atoms with Crippen molar-refractivity contribution in [3.63, 3.8) is 0 Å². The summed E-state index contributed by atoms with van der Waals surface area (Å²) in [5, 5.41) is 11.5. The van der Waals surface area contributed by atoms with Crippen molar-refractivity contribution >= 4 is 27.8 Å². The molecule has 1 amide bonds. The fourth-order valence-electron chi connectivity index (χ4n) is 1.55. The molecule has 0 fully saturated rings. The lowest BCUT2D eigenvalue weighted by Crippen LogP contribution is -2.44. The van der Waals surface area contributed by atoms with Crippen LogP contribution in [0.1, 0.15) is 24.2 Å². The molecule has 0 aliphatic heterocycles. The van der Waals surface area contributed by atoms with Crippen molar-refractivity contribution in [2.24, 2.45) is 5.92 Å². The Kier molecular flexibility index (Phi) is 5.35. The molecule has 1 aromatic carbocycles. The minimum absolute atomic E-state index is 0.192. The van der Waals surface area contributed by atoms with E-state index in [1.165, 1.54) is 7.11 Å². The van der Waals surface area contributed by atoms with E-state index in [-0.39, 0.29) is 5.92 Å². The van der Waals surface area contributed by atoms with Crippen molar-refractivity contribution in [1.29, 1.82) is 0 Å². The summed E-state index contributed by atoms with van der Waals surface area (Å²) in [5.41, 5.74) is 0.375. The third kappa shape index (κ3) is 3.96. The zero-order valence-electron chi connectivity index (χ0n) is 10.9. The summed E-state index contributed by atoms with van der Waals surface area (Å²) in [5.74, 6) is -1.06. The highest BCUT2D eigenvalue weighted by Gasteiger charge is 2.24. The maximum atomic E-state index is 12.0. The summed E-state index contributed by atoms with van der Waals surface area (Å²) in [4.78, 5) is 23.0. The van der Waals surface area contributed by atoms with Gasteiger partial charge in [-0.2, -0.15) is 0 Å². The molecule has 1 atom stereocenters. The van der Waals surface area contributed by atoms with Crippen LogP contribution in [0.2, 0.25) is 0 Å². The number of ether oxygens (including phenoxy) is 1. The van der Waals surface area contributed by atoms with E-state index in [2.05, 4.69) is 21.2 Å². The zero-order chi connectivity index (χ0) is 14.6. The molecule has 0 radical (unpaired) electrons. The maximum Gasteiger partial charge on any atom is 0.326 e.